The van der Waals surface area contributed by atoms with Crippen LogP contribution in [0.2, 0.25) is 0 Å². The Morgan fingerprint density at radius 3 is 2.41 bits per heavy atom. The highest BCUT2D eigenvalue weighted by Crippen LogP contribution is 2.24. The Hall–Kier alpha value is -2.87. The third kappa shape index (κ3) is 2.91. The second kappa shape index (κ2) is 6.27. The highest BCUT2D eigenvalue weighted by molar-refractivity contribution is 5.90. The van der Waals surface area contributed by atoms with Crippen LogP contribution in [0.4, 0.5) is 0 Å². The monoisotopic (exact) mass is 296 g/mol. The summed E-state index contributed by atoms with van der Waals surface area (Å²) in [6, 6.07) is 10.4. The van der Waals surface area contributed by atoms with Gasteiger partial charge in [0.15, 0.2) is 0 Å². The lowest BCUT2D eigenvalue weighted by Crippen LogP contribution is -2.15. The van der Waals surface area contributed by atoms with Crippen LogP contribution in [0.3, 0.4) is 0 Å². The number of carbonyl (C=O) groups is 1. The zero-order valence-corrected chi connectivity index (χ0v) is 12.6. The lowest BCUT2D eigenvalue weighted by atomic mass is 9.97. The molecule has 5 heteroatoms. The number of benzene rings is 1. The predicted molar refractivity (Wildman–Crippen MR) is 82.6 cm³/mol. The van der Waals surface area contributed by atoms with Crippen molar-refractivity contribution in [2.75, 3.05) is 7.11 Å². The van der Waals surface area contributed by atoms with Gasteiger partial charge >= 0.3 is 5.97 Å². The van der Waals surface area contributed by atoms with E-state index >= 15 is 0 Å². The number of ether oxygens (including phenoxy) is 1. The minimum Gasteiger partial charge on any atom is -0.465 e. The molecule has 0 radical (unpaired) electrons. The average molecular weight is 296 g/mol. The van der Waals surface area contributed by atoms with Gasteiger partial charge in [-0.15, -0.1) is 0 Å². The molecule has 0 aliphatic rings. The fourth-order valence-electron chi connectivity index (χ4n) is 2.13. The lowest BCUT2D eigenvalue weighted by molar-refractivity contribution is 0.0601. The molecule has 5 nitrogen and oxygen atoms in total. The van der Waals surface area contributed by atoms with Crippen molar-refractivity contribution >= 4 is 5.97 Å². The molecule has 0 unspecified atom stereocenters. The quantitative estimate of drug-likeness (QED) is 0.883. The maximum Gasteiger partial charge on any atom is 0.337 e. The van der Waals surface area contributed by atoms with Crippen LogP contribution < -0.4 is 5.56 Å². The molecule has 112 valence electrons. The summed E-state index contributed by atoms with van der Waals surface area (Å²) in [5.74, 6) is -0.297. The molecule has 2 aromatic rings. The first kappa shape index (κ1) is 15.5. The lowest BCUT2D eigenvalue weighted by Gasteiger charge is -2.10. The summed E-state index contributed by atoms with van der Waals surface area (Å²) in [6.45, 7) is 3.92. The van der Waals surface area contributed by atoms with E-state index in [0.29, 0.717) is 16.7 Å². The van der Waals surface area contributed by atoms with Crippen LogP contribution in [0, 0.1) is 11.3 Å². The molecule has 0 atom stereocenters. The second-order valence-electron chi connectivity index (χ2n) is 5.18. The van der Waals surface area contributed by atoms with Crippen molar-refractivity contribution in [2.45, 2.75) is 19.8 Å². The first-order valence-corrected chi connectivity index (χ1v) is 6.84. The van der Waals surface area contributed by atoms with Crippen molar-refractivity contribution in [3.8, 4) is 17.2 Å². The molecule has 1 aromatic heterocycles. The van der Waals surface area contributed by atoms with Gasteiger partial charge in [-0.05, 0) is 29.7 Å². The van der Waals surface area contributed by atoms with Gasteiger partial charge in [-0.3, -0.25) is 4.79 Å². The van der Waals surface area contributed by atoms with Crippen LogP contribution >= 0.6 is 0 Å². The number of hydrogen-bond acceptors (Lipinski definition) is 4. The van der Waals surface area contributed by atoms with E-state index in [9.17, 15) is 14.9 Å². The number of aromatic amines is 1. The SMILES string of the molecule is COC(=O)c1ccc(-c2cc(C(C)C)[nH]c(=O)c2C#N)cc1. The molecule has 0 spiro atoms. The average Bonchev–Trinajstić information content (AvgIpc) is 2.53. The molecule has 0 fully saturated rings. The normalized spacial score (nSPS) is 10.3. The van der Waals surface area contributed by atoms with E-state index in [-0.39, 0.29) is 11.5 Å². The summed E-state index contributed by atoms with van der Waals surface area (Å²) in [5.41, 5.74) is 2.11. The van der Waals surface area contributed by atoms with E-state index in [2.05, 4.69) is 9.72 Å². The summed E-state index contributed by atoms with van der Waals surface area (Å²) in [5, 5.41) is 9.23. The van der Waals surface area contributed by atoms with Gasteiger partial charge in [-0.2, -0.15) is 5.26 Å². The number of rotatable bonds is 3. The van der Waals surface area contributed by atoms with Crippen molar-refractivity contribution in [1.82, 2.24) is 4.98 Å². The third-order valence-corrected chi connectivity index (χ3v) is 3.40. The molecule has 0 aliphatic heterocycles. The van der Waals surface area contributed by atoms with Gasteiger partial charge in [-0.25, -0.2) is 4.79 Å². The van der Waals surface area contributed by atoms with E-state index in [1.165, 1.54) is 7.11 Å². The minimum absolute atomic E-state index is 0.0650. The van der Waals surface area contributed by atoms with Crippen LogP contribution in [-0.4, -0.2) is 18.1 Å². The third-order valence-electron chi connectivity index (χ3n) is 3.40. The first-order chi connectivity index (χ1) is 10.5. The number of pyridine rings is 1. The summed E-state index contributed by atoms with van der Waals surface area (Å²) in [7, 11) is 1.32. The Labute approximate surface area is 128 Å². The summed E-state index contributed by atoms with van der Waals surface area (Å²) in [6.07, 6.45) is 0. The van der Waals surface area contributed by atoms with Crippen LogP contribution in [0.25, 0.3) is 11.1 Å². The maximum absolute atomic E-state index is 12.0. The molecule has 1 N–H and O–H groups in total. The number of nitrogens with zero attached hydrogens (tertiary/aromatic N) is 1. The van der Waals surface area contributed by atoms with Crippen molar-refractivity contribution in [1.29, 1.82) is 5.26 Å². The van der Waals surface area contributed by atoms with Gasteiger partial charge in [0.25, 0.3) is 5.56 Å². The Morgan fingerprint density at radius 2 is 1.91 bits per heavy atom. The fraction of sp³-hybridized carbons (Fsp3) is 0.235. The van der Waals surface area contributed by atoms with Crippen LogP contribution in [0.5, 0.6) is 0 Å². The molecular weight excluding hydrogens is 280 g/mol. The van der Waals surface area contributed by atoms with Gasteiger partial charge in [0, 0.05) is 11.3 Å². The molecule has 0 aliphatic carbocycles. The Kier molecular flexibility index (Phi) is 4.42. The van der Waals surface area contributed by atoms with Gasteiger partial charge in [0.05, 0.1) is 12.7 Å². The van der Waals surface area contributed by atoms with Crippen LogP contribution in [0.15, 0.2) is 35.1 Å². The number of nitrogens with one attached hydrogen (secondary N) is 1. The van der Waals surface area contributed by atoms with Gasteiger partial charge < -0.3 is 9.72 Å². The van der Waals surface area contributed by atoms with Gasteiger partial charge in [0.2, 0.25) is 0 Å². The number of aromatic nitrogens is 1. The van der Waals surface area contributed by atoms with Crippen LogP contribution in [0.1, 0.15) is 41.4 Å². The van der Waals surface area contributed by atoms with E-state index in [1.807, 2.05) is 19.9 Å². The molecule has 0 saturated carbocycles. The number of esters is 1. The fourth-order valence-corrected chi connectivity index (χ4v) is 2.13. The van der Waals surface area contributed by atoms with Crippen LogP contribution in [-0.2, 0) is 4.74 Å². The second-order valence-corrected chi connectivity index (χ2v) is 5.18. The van der Waals surface area contributed by atoms with Gasteiger partial charge in [-0.1, -0.05) is 26.0 Å². The molecular formula is C17H16N2O3. The highest BCUT2D eigenvalue weighted by atomic mass is 16.5. The Balaban J connectivity index is 2.58. The highest BCUT2D eigenvalue weighted by Gasteiger charge is 2.13. The molecule has 22 heavy (non-hydrogen) atoms. The van der Waals surface area contributed by atoms with E-state index in [0.717, 1.165) is 5.69 Å². The first-order valence-electron chi connectivity index (χ1n) is 6.84. The number of methoxy groups -OCH3 is 1. The number of hydrogen-bond donors (Lipinski definition) is 1. The maximum atomic E-state index is 12.0. The van der Waals surface area contributed by atoms with Crippen molar-refractivity contribution in [3.63, 3.8) is 0 Å². The number of carbonyl (C=O) groups excluding carboxylic acids is 1. The molecule has 0 amide bonds. The summed E-state index contributed by atoms with van der Waals surface area (Å²) in [4.78, 5) is 26.2. The topological polar surface area (TPSA) is 83.0 Å². The summed E-state index contributed by atoms with van der Waals surface area (Å²) >= 11 is 0. The van der Waals surface area contributed by atoms with E-state index < -0.39 is 11.5 Å². The summed E-state index contributed by atoms with van der Waals surface area (Å²) < 4.78 is 4.65. The van der Waals surface area contributed by atoms with Crippen molar-refractivity contribution < 1.29 is 9.53 Å². The standard InChI is InChI=1S/C17H16N2O3/c1-10(2)15-8-13(14(9-18)16(20)19-15)11-4-6-12(7-5-11)17(21)22-3/h4-8,10H,1-3H3,(H,19,20). The minimum atomic E-state index is -0.430. The largest absolute Gasteiger partial charge is 0.465 e. The molecule has 0 saturated heterocycles. The Bertz CT molecular complexity index is 796. The smallest absolute Gasteiger partial charge is 0.337 e. The zero-order chi connectivity index (χ0) is 16.3. The van der Waals surface area contributed by atoms with E-state index in [1.54, 1.807) is 30.3 Å². The van der Waals surface area contributed by atoms with E-state index in [4.69, 9.17) is 0 Å². The predicted octanol–water partition coefficient (Wildman–Crippen LogP) is 2.82. The molecule has 2 rings (SSSR count). The van der Waals surface area contributed by atoms with Crippen molar-refractivity contribution in [3.05, 3.63) is 57.5 Å². The Morgan fingerprint density at radius 1 is 1.27 bits per heavy atom. The van der Waals surface area contributed by atoms with Gasteiger partial charge in [0.1, 0.15) is 11.6 Å². The molecule has 1 aromatic carbocycles. The van der Waals surface area contributed by atoms with Crippen molar-refractivity contribution in [2.24, 2.45) is 0 Å². The molecule has 0 bridgehead atoms. The number of nitriles is 1. The zero-order valence-electron chi connectivity index (χ0n) is 12.6. The number of H-pyrrole nitrogens is 1. The molecule has 1 heterocycles.